The summed E-state index contributed by atoms with van der Waals surface area (Å²) in [6.07, 6.45) is 3.32. The van der Waals surface area contributed by atoms with Gasteiger partial charge in [0.2, 0.25) is 0 Å². The maximum atomic E-state index is 11.9. The summed E-state index contributed by atoms with van der Waals surface area (Å²) in [4.78, 5) is 11.9. The molecule has 1 N–H and O–H groups in total. The summed E-state index contributed by atoms with van der Waals surface area (Å²) in [5.74, 6) is -0.716. The van der Waals surface area contributed by atoms with E-state index in [1.165, 1.54) is 5.56 Å². The van der Waals surface area contributed by atoms with E-state index in [9.17, 15) is 9.90 Å². The summed E-state index contributed by atoms with van der Waals surface area (Å²) in [5, 5.41) is 9.75. The number of aliphatic carboxylic acids is 1. The first-order valence-corrected chi connectivity index (χ1v) is 6.99. The van der Waals surface area contributed by atoms with Gasteiger partial charge < -0.3 is 9.84 Å². The Kier molecular flexibility index (Phi) is 4.25. The van der Waals surface area contributed by atoms with Crippen LogP contribution in [0.15, 0.2) is 24.3 Å². The van der Waals surface area contributed by atoms with E-state index in [-0.39, 0.29) is 6.10 Å². The van der Waals surface area contributed by atoms with Crippen LogP contribution in [0.4, 0.5) is 0 Å². The van der Waals surface area contributed by atoms with Gasteiger partial charge in [-0.25, -0.2) is 0 Å². The summed E-state index contributed by atoms with van der Waals surface area (Å²) in [5.41, 5.74) is 1.41. The van der Waals surface area contributed by atoms with Crippen LogP contribution in [0.5, 0.6) is 0 Å². The number of hydrogen-bond donors (Lipinski definition) is 1. The normalized spacial score (nSPS) is 22.3. The quantitative estimate of drug-likeness (QED) is 0.886. The Morgan fingerprint density at radius 3 is 2.84 bits per heavy atom. The third kappa shape index (κ3) is 2.81. The molecule has 3 nitrogen and oxygen atoms in total. The number of rotatable bonds is 5. The van der Waals surface area contributed by atoms with Crippen molar-refractivity contribution < 1.29 is 14.6 Å². The third-order valence-electron chi connectivity index (χ3n) is 3.97. The van der Waals surface area contributed by atoms with Crippen LogP contribution in [-0.2, 0) is 21.4 Å². The number of hydrogen-bond acceptors (Lipinski definition) is 2. The lowest BCUT2D eigenvalue weighted by Crippen LogP contribution is -2.40. The molecular weight excluding hydrogens is 240 g/mol. The molecule has 0 amide bonds. The Hall–Kier alpha value is -1.35. The molecule has 1 unspecified atom stereocenters. The van der Waals surface area contributed by atoms with Crippen LogP contribution >= 0.6 is 0 Å². The fourth-order valence-electron chi connectivity index (χ4n) is 2.98. The van der Waals surface area contributed by atoms with Crippen molar-refractivity contribution >= 4 is 5.97 Å². The zero-order valence-electron chi connectivity index (χ0n) is 11.7. The van der Waals surface area contributed by atoms with Gasteiger partial charge in [0.05, 0.1) is 11.5 Å². The van der Waals surface area contributed by atoms with Gasteiger partial charge in [-0.05, 0) is 50.7 Å². The molecule has 0 heterocycles. The van der Waals surface area contributed by atoms with Crippen LogP contribution in [0.25, 0.3) is 0 Å². The molecule has 0 aromatic heterocycles. The largest absolute Gasteiger partial charge is 0.481 e. The number of benzene rings is 1. The Labute approximate surface area is 114 Å². The minimum absolute atomic E-state index is 0.143. The lowest BCUT2D eigenvalue weighted by molar-refractivity contribution is -0.145. The van der Waals surface area contributed by atoms with Gasteiger partial charge in [-0.15, -0.1) is 0 Å². The van der Waals surface area contributed by atoms with Crippen molar-refractivity contribution in [3.8, 4) is 0 Å². The minimum Gasteiger partial charge on any atom is -0.481 e. The molecule has 0 saturated heterocycles. The number of carbonyl (C=O) groups is 1. The van der Waals surface area contributed by atoms with Gasteiger partial charge in [-0.1, -0.05) is 24.3 Å². The SMILES string of the molecule is CC(C)OCCC1(C(=O)O)CCCc2ccccc21. The van der Waals surface area contributed by atoms with Crippen LogP contribution in [0.2, 0.25) is 0 Å². The summed E-state index contributed by atoms with van der Waals surface area (Å²) >= 11 is 0. The molecule has 3 heteroatoms. The standard InChI is InChI=1S/C16H22O3/c1-12(2)19-11-10-16(15(17)18)9-5-7-13-6-3-4-8-14(13)16/h3-4,6,8,12H,5,7,9-11H2,1-2H3,(H,17,18). The summed E-state index contributed by atoms with van der Waals surface area (Å²) in [7, 11) is 0. The Bertz CT molecular complexity index is 453. The zero-order chi connectivity index (χ0) is 13.9. The summed E-state index contributed by atoms with van der Waals surface area (Å²) < 4.78 is 5.57. The smallest absolute Gasteiger partial charge is 0.314 e. The van der Waals surface area contributed by atoms with E-state index in [1.807, 2.05) is 32.0 Å². The maximum Gasteiger partial charge on any atom is 0.314 e. The third-order valence-corrected chi connectivity index (χ3v) is 3.97. The molecule has 0 radical (unpaired) electrons. The molecule has 1 atom stereocenters. The van der Waals surface area contributed by atoms with Crippen LogP contribution in [0.3, 0.4) is 0 Å². The molecule has 104 valence electrons. The Balaban J connectivity index is 2.28. The molecule has 1 aromatic rings. The van der Waals surface area contributed by atoms with Crippen LogP contribution in [-0.4, -0.2) is 23.8 Å². The first kappa shape index (κ1) is 14.1. The Morgan fingerprint density at radius 1 is 1.42 bits per heavy atom. The molecule has 0 spiro atoms. The van der Waals surface area contributed by atoms with Crippen molar-refractivity contribution in [2.45, 2.75) is 51.0 Å². The van der Waals surface area contributed by atoms with E-state index in [4.69, 9.17) is 4.74 Å². The van der Waals surface area contributed by atoms with Gasteiger partial charge >= 0.3 is 5.97 Å². The van der Waals surface area contributed by atoms with E-state index in [0.717, 1.165) is 18.4 Å². The topological polar surface area (TPSA) is 46.5 Å². The average molecular weight is 262 g/mol. The molecule has 1 aromatic carbocycles. The van der Waals surface area contributed by atoms with Gasteiger partial charge in [0.1, 0.15) is 0 Å². The molecule has 1 aliphatic carbocycles. The van der Waals surface area contributed by atoms with Gasteiger partial charge in [0.15, 0.2) is 0 Å². The average Bonchev–Trinajstić information content (AvgIpc) is 2.38. The molecule has 0 bridgehead atoms. The predicted octanol–water partition coefficient (Wildman–Crippen LogP) is 3.16. The molecular formula is C16H22O3. The van der Waals surface area contributed by atoms with Crippen LogP contribution in [0.1, 0.15) is 44.2 Å². The fraction of sp³-hybridized carbons (Fsp3) is 0.562. The lowest BCUT2D eigenvalue weighted by Gasteiger charge is -2.35. The maximum absolute atomic E-state index is 11.9. The Morgan fingerprint density at radius 2 is 2.16 bits per heavy atom. The second kappa shape index (κ2) is 5.74. The second-order valence-electron chi connectivity index (χ2n) is 5.57. The molecule has 0 fully saturated rings. The van der Waals surface area contributed by atoms with E-state index in [1.54, 1.807) is 0 Å². The molecule has 2 rings (SSSR count). The highest BCUT2D eigenvalue weighted by atomic mass is 16.5. The molecule has 1 aliphatic rings. The van der Waals surface area contributed by atoms with E-state index >= 15 is 0 Å². The van der Waals surface area contributed by atoms with Crippen molar-refractivity contribution in [1.82, 2.24) is 0 Å². The van der Waals surface area contributed by atoms with Crippen LogP contribution in [0, 0.1) is 0 Å². The fourth-order valence-corrected chi connectivity index (χ4v) is 2.98. The van der Waals surface area contributed by atoms with Gasteiger partial charge in [-0.2, -0.15) is 0 Å². The minimum atomic E-state index is -0.760. The monoisotopic (exact) mass is 262 g/mol. The first-order chi connectivity index (χ1) is 9.06. The van der Waals surface area contributed by atoms with Crippen molar-refractivity contribution in [3.05, 3.63) is 35.4 Å². The highest BCUT2D eigenvalue weighted by Crippen LogP contribution is 2.40. The van der Waals surface area contributed by atoms with E-state index < -0.39 is 11.4 Å². The van der Waals surface area contributed by atoms with Gasteiger partial charge in [-0.3, -0.25) is 4.79 Å². The van der Waals surface area contributed by atoms with Crippen molar-refractivity contribution in [2.75, 3.05) is 6.61 Å². The highest BCUT2D eigenvalue weighted by Gasteiger charge is 2.43. The van der Waals surface area contributed by atoms with E-state index in [2.05, 4.69) is 6.07 Å². The number of carboxylic acids is 1. The van der Waals surface area contributed by atoms with Crippen molar-refractivity contribution in [1.29, 1.82) is 0 Å². The van der Waals surface area contributed by atoms with Gasteiger partial charge in [0, 0.05) is 6.61 Å². The molecule has 0 saturated carbocycles. The number of ether oxygens (including phenoxy) is 1. The molecule has 0 aliphatic heterocycles. The van der Waals surface area contributed by atoms with Gasteiger partial charge in [0.25, 0.3) is 0 Å². The first-order valence-electron chi connectivity index (χ1n) is 6.99. The van der Waals surface area contributed by atoms with E-state index in [0.29, 0.717) is 19.4 Å². The number of fused-ring (bicyclic) bond motifs is 1. The summed E-state index contributed by atoms with van der Waals surface area (Å²) in [6.45, 7) is 4.45. The van der Waals surface area contributed by atoms with Crippen molar-refractivity contribution in [2.24, 2.45) is 0 Å². The second-order valence-corrected chi connectivity index (χ2v) is 5.57. The molecule has 19 heavy (non-hydrogen) atoms. The number of aryl methyl sites for hydroxylation is 1. The predicted molar refractivity (Wildman–Crippen MR) is 74.4 cm³/mol. The number of carboxylic acid groups (broad SMARTS) is 1. The highest BCUT2D eigenvalue weighted by molar-refractivity contribution is 5.82. The zero-order valence-corrected chi connectivity index (χ0v) is 11.7. The van der Waals surface area contributed by atoms with Crippen molar-refractivity contribution in [3.63, 3.8) is 0 Å². The van der Waals surface area contributed by atoms with Crippen LogP contribution < -0.4 is 0 Å². The summed E-state index contributed by atoms with van der Waals surface area (Å²) in [6, 6.07) is 7.94. The lowest BCUT2D eigenvalue weighted by atomic mass is 9.68.